The van der Waals surface area contributed by atoms with E-state index in [1.54, 1.807) is 13.0 Å². The van der Waals surface area contributed by atoms with E-state index in [2.05, 4.69) is 26.1 Å². The number of ether oxygens (including phenoxy) is 1. The van der Waals surface area contributed by atoms with E-state index in [0.717, 1.165) is 5.56 Å². The topological polar surface area (TPSA) is 70.2 Å². The van der Waals surface area contributed by atoms with Gasteiger partial charge in [0.15, 0.2) is 15.6 Å². The van der Waals surface area contributed by atoms with Gasteiger partial charge >= 0.3 is 5.97 Å². The summed E-state index contributed by atoms with van der Waals surface area (Å²) in [7, 11) is 1.37. The van der Waals surface area contributed by atoms with E-state index < -0.39 is 0 Å². The highest BCUT2D eigenvalue weighted by atomic mass is 79.9. The Hall–Kier alpha value is -2.06. The van der Waals surface area contributed by atoms with Crippen molar-refractivity contribution >= 4 is 33.7 Å². The van der Waals surface area contributed by atoms with E-state index in [-0.39, 0.29) is 11.2 Å². The van der Waals surface area contributed by atoms with Crippen LogP contribution in [0.2, 0.25) is 0 Å². The number of furan rings is 1. The van der Waals surface area contributed by atoms with Crippen molar-refractivity contribution in [2.45, 2.75) is 23.9 Å². The molecule has 0 N–H and O–H groups in total. The van der Waals surface area contributed by atoms with Crippen molar-refractivity contribution in [2.75, 3.05) is 7.11 Å². The Labute approximate surface area is 157 Å². The van der Waals surface area contributed by atoms with Crippen LogP contribution >= 0.6 is 27.7 Å². The van der Waals surface area contributed by atoms with Crippen LogP contribution < -0.4 is 0 Å². The molecular formula is C17H16BrN3O3S. The molecule has 0 fully saturated rings. The van der Waals surface area contributed by atoms with E-state index in [1.807, 2.05) is 41.0 Å². The summed E-state index contributed by atoms with van der Waals surface area (Å²) in [5.41, 5.74) is 1.10. The van der Waals surface area contributed by atoms with Crippen LogP contribution in [-0.2, 0) is 16.1 Å². The minimum atomic E-state index is -0.389. The molecule has 6 nitrogen and oxygen atoms in total. The van der Waals surface area contributed by atoms with E-state index in [9.17, 15) is 4.79 Å². The fourth-order valence-electron chi connectivity index (χ4n) is 2.27. The maximum absolute atomic E-state index is 11.7. The summed E-state index contributed by atoms with van der Waals surface area (Å²) in [5, 5.41) is 8.75. The number of nitrogens with zero attached hydrogens (tertiary/aromatic N) is 3. The average Bonchev–Trinajstić information content (AvgIpc) is 3.21. The first-order valence-electron chi connectivity index (χ1n) is 7.56. The van der Waals surface area contributed by atoms with E-state index in [0.29, 0.717) is 28.0 Å². The highest BCUT2D eigenvalue weighted by Crippen LogP contribution is 2.30. The Morgan fingerprint density at radius 3 is 2.68 bits per heavy atom. The minimum absolute atomic E-state index is 0.304. The van der Waals surface area contributed by atoms with Gasteiger partial charge in [0, 0.05) is 0 Å². The molecule has 2 aromatic heterocycles. The van der Waals surface area contributed by atoms with Gasteiger partial charge in [-0.2, -0.15) is 0 Å². The number of halogens is 1. The number of thioether (sulfide) groups is 1. The lowest BCUT2D eigenvalue weighted by Crippen LogP contribution is -2.16. The molecule has 3 rings (SSSR count). The molecule has 0 aliphatic rings. The number of carbonyl (C=O) groups is 1. The first-order chi connectivity index (χ1) is 12.1. The van der Waals surface area contributed by atoms with Crippen LogP contribution in [0.25, 0.3) is 11.6 Å². The monoisotopic (exact) mass is 421 g/mol. The van der Waals surface area contributed by atoms with Crippen molar-refractivity contribution in [3.63, 3.8) is 0 Å². The second kappa shape index (κ2) is 7.88. The van der Waals surface area contributed by atoms with Crippen molar-refractivity contribution in [1.82, 2.24) is 14.8 Å². The summed E-state index contributed by atoms with van der Waals surface area (Å²) < 4.78 is 13.0. The molecule has 130 valence electrons. The third kappa shape index (κ3) is 4.13. The van der Waals surface area contributed by atoms with Gasteiger partial charge in [-0.05, 0) is 40.5 Å². The van der Waals surface area contributed by atoms with Gasteiger partial charge in [-0.3, -0.25) is 9.36 Å². The van der Waals surface area contributed by atoms with Gasteiger partial charge < -0.3 is 9.15 Å². The second-order valence-corrected chi connectivity index (χ2v) is 7.35. The Kier molecular flexibility index (Phi) is 5.60. The van der Waals surface area contributed by atoms with Crippen LogP contribution in [0.4, 0.5) is 0 Å². The summed E-state index contributed by atoms with van der Waals surface area (Å²) in [6.45, 7) is 2.35. The molecule has 25 heavy (non-hydrogen) atoms. The summed E-state index contributed by atoms with van der Waals surface area (Å²) in [6.07, 6.45) is 0. The van der Waals surface area contributed by atoms with Gasteiger partial charge in [0.05, 0.1) is 13.7 Å². The van der Waals surface area contributed by atoms with E-state index in [4.69, 9.17) is 9.15 Å². The van der Waals surface area contributed by atoms with Gasteiger partial charge in [0.1, 0.15) is 5.25 Å². The zero-order valence-electron chi connectivity index (χ0n) is 13.7. The molecule has 0 aliphatic carbocycles. The fraction of sp³-hybridized carbons (Fsp3) is 0.235. The number of benzene rings is 1. The van der Waals surface area contributed by atoms with Crippen LogP contribution in [-0.4, -0.2) is 33.1 Å². The van der Waals surface area contributed by atoms with Crippen LogP contribution in [0, 0.1) is 0 Å². The lowest BCUT2D eigenvalue weighted by atomic mass is 10.2. The average molecular weight is 422 g/mol. The van der Waals surface area contributed by atoms with Crippen molar-refractivity contribution in [2.24, 2.45) is 0 Å². The zero-order valence-corrected chi connectivity index (χ0v) is 16.1. The molecule has 3 aromatic rings. The number of aromatic nitrogens is 3. The number of rotatable bonds is 6. The van der Waals surface area contributed by atoms with E-state index in [1.165, 1.54) is 18.9 Å². The molecule has 0 spiro atoms. The summed E-state index contributed by atoms with van der Waals surface area (Å²) >= 11 is 4.61. The molecule has 2 heterocycles. The molecule has 0 amide bonds. The number of esters is 1. The molecule has 8 heteroatoms. The first kappa shape index (κ1) is 17.8. The van der Waals surface area contributed by atoms with Crippen molar-refractivity contribution in [3.8, 4) is 11.6 Å². The lowest BCUT2D eigenvalue weighted by Gasteiger charge is -2.11. The predicted octanol–water partition coefficient (Wildman–Crippen LogP) is 4.00. The van der Waals surface area contributed by atoms with Gasteiger partial charge in [-0.1, -0.05) is 42.1 Å². The smallest absolute Gasteiger partial charge is 0.318 e. The van der Waals surface area contributed by atoms with E-state index >= 15 is 0 Å². The largest absolute Gasteiger partial charge is 0.468 e. The molecule has 0 aliphatic heterocycles. The second-order valence-electron chi connectivity index (χ2n) is 5.26. The molecular weight excluding hydrogens is 406 g/mol. The van der Waals surface area contributed by atoms with Crippen molar-refractivity contribution in [3.05, 3.63) is 52.7 Å². The lowest BCUT2D eigenvalue weighted by molar-refractivity contribution is -0.139. The molecule has 0 saturated heterocycles. The highest BCUT2D eigenvalue weighted by Gasteiger charge is 2.22. The van der Waals surface area contributed by atoms with Gasteiger partial charge in [-0.15, -0.1) is 10.2 Å². The maximum atomic E-state index is 11.7. The molecule has 0 radical (unpaired) electrons. The number of hydrogen-bond acceptors (Lipinski definition) is 6. The van der Waals surface area contributed by atoms with Crippen LogP contribution in [0.3, 0.4) is 0 Å². The molecule has 0 saturated carbocycles. The number of methoxy groups -OCH3 is 1. The van der Waals surface area contributed by atoms with Crippen LogP contribution in [0.1, 0.15) is 12.5 Å². The summed E-state index contributed by atoms with van der Waals surface area (Å²) in [5.74, 6) is 0.906. The fourth-order valence-corrected chi connectivity index (χ4v) is 3.45. The maximum Gasteiger partial charge on any atom is 0.318 e. The third-order valence-electron chi connectivity index (χ3n) is 3.51. The zero-order chi connectivity index (χ0) is 17.8. The van der Waals surface area contributed by atoms with Crippen LogP contribution in [0.15, 0.2) is 56.7 Å². The Balaban J connectivity index is 1.97. The minimum Gasteiger partial charge on any atom is -0.468 e. The van der Waals surface area contributed by atoms with Crippen LogP contribution in [0.5, 0.6) is 0 Å². The standard InChI is InChI=1S/C17H16BrN3O3S/c1-11(16(22)23-2)25-17-20-19-15(13-8-9-14(18)24-13)21(17)10-12-6-4-3-5-7-12/h3-9,11H,10H2,1-2H3/t11-/m1/s1. The van der Waals surface area contributed by atoms with Gasteiger partial charge in [0.25, 0.3) is 0 Å². The van der Waals surface area contributed by atoms with Crippen molar-refractivity contribution < 1.29 is 13.9 Å². The number of carbonyl (C=O) groups excluding carboxylic acids is 1. The summed E-state index contributed by atoms with van der Waals surface area (Å²) in [6, 6.07) is 13.6. The first-order valence-corrected chi connectivity index (χ1v) is 9.23. The highest BCUT2D eigenvalue weighted by molar-refractivity contribution is 9.10. The Morgan fingerprint density at radius 2 is 2.04 bits per heavy atom. The normalized spacial score (nSPS) is 12.1. The Bertz CT molecular complexity index is 863. The number of hydrogen-bond donors (Lipinski definition) is 0. The molecule has 0 unspecified atom stereocenters. The molecule has 1 atom stereocenters. The van der Waals surface area contributed by atoms with Gasteiger partial charge in [0.2, 0.25) is 5.82 Å². The molecule has 0 bridgehead atoms. The Morgan fingerprint density at radius 1 is 1.28 bits per heavy atom. The predicted molar refractivity (Wildman–Crippen MR) is 98.3 cm³/mol. The SMILES string of the molecule is COC(=O)[C@@H](C)Sc1nnc(-c2ccc(Br)o2)n1Cc1ccccc1. The third-order valence-corrected chi connectivity index (χ3v) is 4.99. The van der Waals surface area contributed by atoms with Crippen molar-refractivity contribution in [1.29, 1.82) is 0 Å². The summed E-state index contributed by atoms with van der Waals surface area (Å²) in [4.78, 5) is 11.7. The quantitative estimate of drug-likeness (QED) is 0.442. The molecule has 1 aromatic carbocycles. The van der Waals surface area contributed by atoms with Gasteiger partial charge in [-0.25, -0.2) is 0 Å².